The molecule has 0 amide bonds. The largest absolute Gasteiger partial charge is 0.397 e. The van der Waals surface area contributed by atoms with Crippen molar-refractivity contribution in [1.29, 1.82) is 0 Å². The van der Waals surface area contributed by atoms with Gasteiger partial charge in [-0.3, -0.25) is 4.79 Å². The van der Waals surface area contributed by atoms with Crippen LogP contribution in [0, 0.1) is 0 Å². The highest BCUT2D eigenvalue weighted by Crippen LogP contribution is 2.14. The Kier molecular flexibility index (Phi) is 2.23. The molecule has 1 heterocycles. The predicted molar refractivity (Wildman–Crippen MR) is 42.2 cm³/mol. The van der Waals surface area contributed by atoms with Gasteiger partial charge >= 0.3 is 0 Å². The number of nitrogens with two attached hydrogens (primary N) is 1. The van der Waals surface area contributed by atoms with Crippen LogP contribution in [-0.4, -0.2) is 6.29 Å². The van der Waals surface area contributed by atoms with Crippen molar-refractivity contribution in [2.24, 2.45) is 5.73 Å². The van der Waals surface area contributed by atoms with Gasteiger partial charge in [-0.15, -0.1) is 11.3 Å². The average Bonchev–Trinajstić information content (AvgIpc) is 2.38. The van der Waals surface area contributed by atoms with Gasteiger partial charge in [0.25, 0.3) is 0 Å². The normalized spacial score (nSPS) is 11.4. The topological polar surface area (TPSA) is 43.1 Å². The molecule has 2 nitrogen and oxygen atoms in total. The summed E-state index contributed by atoms with van der Waals surface area (Å²) in [5.74, 6) is 0. The molecule has 0 aliphatic heterocycles. The van der Waals surface area contributed by atoms with Crippen molar-refractivity contribution < 1.29 is 4.79 Å². The molecule has 2 N–H and O–H groups in total. The van der Waals surface area contributed by atoms with Crippen LogP contribution >= 0.6 is 11.3 Å². The Morgan fingerprint density at radius 3 is 3.10 bits per heavy atom. The first-order valence-electron chi connectivity index (χ1n) is 2.72. The van der Waals surface area contributed by atoms with Crippen LogP contribution in [0.2, 0.25) is 0 Å². The second kappa shape index (κ2) is 3.17. The monoisotopic (exact) mass is 152 g/mol. The Bertz CT molecular complexity index is 238. The van der Waals surface area contributed by atoms with Crippen LogP contribution in [0.25, 0.3) is 5.70 Å². The summed E-state index contributed by atoms with van der Waals surface area (Å²) in [7, 11) is 0. The maximum Gasteiger partial charge on any atom is 0.227 e. The molecule has 0 fully saturated rings. The van der Waals surface area contributed by atoms with E-state index in [0.29, 0.717) is 5.70 Å². The van der Waals surface area contributed by atoms with Gasteiger partial charge in [-0.05, 0) is 11.4 Å². The lowest BCUT2D eigenvalue weighted by molar-refractivity contribution is 0.564. The van der Waals surface area contributed by atoms with Crippen molar-refractivity contribution in [3.63, 3.8) is 0 Å². The van der Waals surface area contributed by atoms with Crippen molar-refractivity contribution >= 4 is 23.3 Å². The van der Waals surface area contributed by atoms with Crippen molar-refractivity contribution in [3.8, 4) is 0 Å². The predicted octanol–water partition coefficient (Wildman–Crippen LogP) is 1.16. The quantitative estimate of drug-likeness (QED) is 0.646. The van der Waals surface area contributed by atoms with Gasteiger partial charge in [-0.25, -0.2) is 0 Å². The fraction of sp³-hybridized carbons (Fsp3) is 0. The summed E-state index contributed by atoms with van der Waals surface area (Å²) in [4.78, 5) is 10.7. The van der Waals surface area contributed by atoms with E-state index in [1.807, 2.05) is 17.5 Å². The highest BCUT2D eigenvalue weighted by molar-refractivity contribution is 7.11. The third-order valence-electron chi connectivity index (χ3n) is 1.02. The molecular formula is C7H6NOS. The minimum atomic E-state index is 0.477. The fourth-order valence-corrected chi connectivity index (χ4v) is 1.23. The zero-order valence-corrected chi connectivity index (χ0v) is 6.02. The van der Waals surface area contributed by atoms with Crippen LogP contribution in [0.15, 0.2) is 23.6 Å². The first-order chi connectivity index (χ1) is 4.84. The van der Waals surface area contributed by atoms with Crippen LogP contribution in [0.3, 0.4) is 0 Å². The van der Waals surface area contributed by atoms with E-state index in [9.17, 15) is 4.79 Å². The molecule has 0 unspecified atom stereocenters. The van der Waals surface area contributed by atoms with Gasteiger partial charge in [0, 0.05) is 6.08 Å². The van der Waals surface area contributed by atoms with E-state index < -0.39 is 0 Å². The lowest BCUT2D eigenvalue weighted by Crippen LogP contribution is -1.92. The van der Waals surface area contributed by atoms with E-state index in [-0.39, 0.29) is 0 Å². The molecule has 0 aromatic carbocycles. The summed E-state index contributed by atoms with van der Waals surface area (Å²) in [6, 6.07) is 3.74. The molecule has 51 valence electrons. The molecule has 1 aromatic heterocycles. The van der Waals surface area contributed by atoms with E-state index >= 15 is 0 Å². The Morgan fingerprint density at radius 2 is 2.60 bits per heavy atom. The lowest BCUT2D eigenvalue weighted by Gasteiger charge is -1.90. The summed E-state index contributed by atoms with van der Waals surface area (Å²) in [5.41, 5.74) is 5.94. The van der Waals surface area contributed by atoms with E-state index in [4.69, 9.17) is 5.73 Å². The summed E-state index contributed by atoms with van der Waals surface area (Å²) in [6.07, 6.45) is 2.85. The van der Waals surface area contributed by atoms with E-state index in [2.05, 4.69) is 0 Å². The molecule has 0 atom stereocenters. The molecule has 0 aliphatic carbocycles. The summed E-state index contributed by atoms with van der Waals surface area (Å²) in [5, 5.41) is 1.90. The Hall–Kier alpha value is -1.09. The number of carbonyl (C=O) groups excluding carboxylic acids is 1. The maximum atomic E-state index is 9.83. The number of rotatable bonds is 2. The molecule has 0 saturated carbocycles. The first-order valence-corrected chi connectivity index (χ1v) is 3.59. The minimum Gasteiger partial charge on any atom is -0.397 e. The number of thiophene rings is 1. The smallest absolute Gasteiger partial charge is 0.227 e. The van der Waals surface area contributed by atoms with Crippen molar-refractivity contribution in [3.05, 3.63) is 28.5 Å². The highest BCUT2D eigenvalue weighted by Gasteiger charge is 1.94. The van der Waals surface area contributed by atoms with Gasteiger partial charge in [0.15, 0.2) is 0 Å². The molecule has 1 aromatic rings. The van der Waals surface area contributed by atoms with Gasteiger partial charge in [0.2, 0.25) is 6.29 Å². The van der Waals surface area contributed by atoms with Gasteiger partial charge in [-0.1, -0.05) is 6.07 Å². The SMILES string of the molecule is N/C(=C\[C]=O)c1cccs1. The van der Waals surface area contributed by atoms with Gasteiger partial charge in [0.05, 0.1) is 10.6 Å². The van der Waals surface area contributed by atoms with Crippen molar-refractivity contribution in [2.45, 2.75) is 0 Å². The molecule has 0 bridgehead atoms. The van der Waals surface area contributed by atoms with Crippen LogP contribution in [0.1, 0.15) is 4.88 Å². The van der Waals surface area contributed by atoms with Crippen LogP contribution in [0.4, 0.5) is 0 Å². The second-order valence-corrected chi connectivity index (χ2v) is 2.64. The number of hydrogen-bond donors (Lipinski definition) is 1. The van der Waals surface area contributed by atoms with Crippen LogP contribution < -0.4 is 5.73 Å². The first kappa shape index (κ1) is 7.02. The second-order valence-electron chi connectivity index (χ2n) is 1.69. The molecule has 1 rings (SSSR count). The fourth-order valence-electron chi connectivity index (χ4n) is 0.577. The van der Waals surface area contributed by atoms with E-state index in [1.54, 1.807) is 6.29 Å². The molecule has 0 spiro atoms. The summed E-state index contributed by atoms with van der Waals surface area (Å²) < 4.78 is 0. The van der Waals surface area contributed by atoms with Crippen LogP contribution in [0.5, 0.6) is 0 Å². The zero-order chi connectivity index (χ0) is 7.40. The van der Waals surface area contributed by atoms with E-state index in [1.165, 1.54) is 17.4 Å². The third-order valence-corrected chi connectivity index (χ3v) is 1.94. The summed E-state index contributed by atoms with van der Waals surface area (Å²) >= 11 is 1.50. The highest BCUT2D eigenvalue weighted by atomic mass is 32.1. The number of allylic oxidation sites excluding steroid dienone is 1. The summed E-state index contributed by atoms with van der Waals surface area (Å²) in [6.45, 7) is 0. The maximum absolute atomic E-state index is 9.83. The van der Waals surface area contributed by atoms with Gasteiger partial charge in [-0.2, -0.15) is 0 Å². The lowest BCUT2D eigenvalue weighted by atomic mass is 10.3. The molecular weight excluding hydrogens is 146 g/mol. The molecule has 10 heavy (non-hydrogen) atoms. The molecule has 1 radical (unpaired) electrons. The Balaban J connectivity index is 2.86. The minimum absolute atomic E-state index is 0.477. The molecule has 0 saturated heterocycles. The average molecular weight is 152 g/mol. The van der Waals surface area contributed by atoms with Crippen molar-refractivity contribution in [2.75, 3.05) is 0 Å². The molecule has 0 aliphatic rings. The third kappa shape index (κ3) is 1.45. The van der Waals surface area contributed by atoms with E-state index in [0.717, 1.165) is 4.88 Å². The zero-order valence-electron chi connectivity index (χ0n) is 5.20. The standard InChI is InChI=1S/C7H6NOS/c8-6(3-4-9)7-2-1-5-10-7/h1-3,5H,8H2/b6-3-. The molecule has 3 heteroatoms. The number of hydrogen-bond acceptors (Lipinski definition) is 3. The van der Waals surface area contributed by atoms with Gasteiger partial charge < -0.3 is 5.73 Å². The van der Waals surface area contributed by atoms with Gasteiger partial charge in [0.1, 0.15) is 0 Å². The van der Waals surface area contributed by atoms with Crippen molar-refractivity contribution in [1.82, 2.24) is 0 Å². The van der Waals surface area contributed by atoms with Crippen LogP contribution in [-0.2, 0) is 4.79 Å². The Morgan fingerprint density at radius 1 is 1.80 bits per heavy atom. The Labute approximate surface area is 63.0 Å².